The van der Waals surface area contributed by atoms with Crippen LogP contribution in [0.1, 0.15) is 16.8 Å². The topological polar surface area (TPSA) is 21.1 Å². The van der Waals surface area contributed by atoms with E-state index in [1.807, 2.05) is 11.7 Å². The second-order valence-corrected chi connectivity index (χ2v) is 6.40. The molecule has 1 aromatic heterocycles. The van der Waals surface area contributed by atoms with Gasteiger partial charge in [-0.05, 0) is 5.56 Å². The Labute approximate surface area is 155 Å². The van der Waals surface area contributed by atoms with Gasteiger partial charge < -0.3 is 4.90 Å². The highest BCUT2D eigenvalue weighted by Crippen LogP contribution is 2.34. The maximum Gasteiger partial charge on any atom is 0.0957 e. The molecule has 0 unspecified atom stereocenters. The van der Waals surface area contributed by atoms with Crippen LogP contribution in [0, 0.1) is 0 Å². The standard InChI is InChI=1S/C21H21N3.ClH/c1-23-14-18(13-16-9-5-3-6-10-16)20-19(15-23)21(24(2)22-20)17-11-7-4-8-12-17;/h3-12,14H,13,15H2,1-2H3;1H. The molecule has 3 nitrogen and oxygen atoms in total. The second kappa shape index (κ2) is 7.16. The summed E-state index contributed by atoms with van der Waals surface area (Å²) in [6.07, 6.45) is 3.14. The van der Waals surface area contributed by atoms with Crippen molar-refractivity contribution in [3.8, 4) is 11.3 Å². The molecule has 4 rings (SSSR count). The molecule has 1 aliphatic rings. The number of nitrogens with zero attached hydrogens (tertiary/aromatic N) is 3. The summed E-state index contributed by atoms with van der Waals surface area (Å²) in [4.78, 5) is 2.26. The molecule has 2 heterocycles. The molecule has 0 aliphatic carbocycles. The van der Waals surface area contributed by atoms with E-state index in [2.05, 4.69) is 78.8 Å². The van der Waals surface area contributed by atoms with Crippen LogP contribution in [0.25, 0.3) is 16.8 Å². The average molecular weight is 352 g/mol. The molecule has 0 fully saturated rings. The van der Waals surface area contributed by atoms with Crippen molar-refractivity contribution in [2.75, 3.05) is 7.05 Å². The van der Waals surface area contributed by atoms with Crippen LogP contribution < -0.4 is 0 Å². The van der Waals surface area contributed by atoms with Crippen molar-refractivity contribution in [2.45, 2.75) is 13.0 Å². The lowest BCUT2D eigenvalue weighted by Gasteiger charge is -2.23. The molecule has 0 spiro atoms. The molecular formula is C21H22ClN3. The van der Waals surface area contributed by atoms with Crippen molar-refractivity contribution in [1.82, 2.24) is 14.7 Å². The maximum absolute atomic E-state index is 4.86. The summed E-state index contributed by atoms with van der Waals surface area (Å²) in [5.74, 6) is 0. The number of halogens is 1. The number of aromatic nitrogens is 2. The highest BCUT2D eigenvalue weighted by Gasteiger charge is 2.24. The normalized spacial score (nSPS) is 13.0. The van der Waals surface area contributed by atoms with E-state index in [1.54, 1.807) is 0 Å². The number of hydrogen-bond acceptors (Lipinski definition) is 2. The number of allylic oxidation sites excluding steroid dienone is 1. The minimum Gasteiger partial charge on any atom is -0.376 e. The maximum atomic E-state index is 4.86. The van der Waals surface area contributed by atoms with Crippen LogP contribution in [0.4, 0.5) is 0 Å². The van der Waals surface area contributed by atoms with Crippen LogP contribution in [0.15, 0.2) is 66.9 Å². The number of aryl methyl sites for hydroxylation is 1. The zero-order valence-corrected chi connectivity index (χ0v) is 15.3. The smallest absolute Gasteiger partial charge is 0.0957 e. The van der Waals surface area contributed by atoms with E-state index < -0.39 is 0 Å². The van der Waals surface area contributed by atoms with Gasteiger partial charge in [-0.15, -0.1) is 12.4 Å². The molecule has 0 radical (unpaired) electrons. The zero-order chi connectivity index (χ0) is 16.5. The zero-order valence-electron chi connectivity index (χ0n) is 14.5. The van der Waals surface area contributed by atoms with Gasteiger partial charge in [-0.2, -0.15) is 5.10 Å². The summed E-state index contributed by atoms with van der Waals surface area (Å²) in [5, 5.41) is 4.86. The fraction of sp³-hybridized carbons (Fsp3) is 0.190. The molecule has 0 N–H and O–H groups in total. The third-order valence-electron chi connectivity index (χ3n) is 4.52. The predicted octanol–water partition coefficient (Wildman–Crippen LogP) is 4.54. The molecule has 0 atom stereocenters. The lowest BCUT2D eigenvalue weighted by Crippen LogP contribution is -2.17. The van der Waals surface area contributed by atoms with Crippen molar-refractivity contribution >= 4 is 18.0 Å². The Bertz CT molecular complexity index is 882. The SMILES string of the molecule is CN1C=C(Cc2ccccc2)c2nn(C)c(-c3ccccc3)c2C1.Cl. The molecule has 4 heteroatoms. The Morgan fingerprint density at radius 1 is 0.920 bits per heavy atom. The Hall–Kier alpha value is -2.52. The summed E-state index contributed by atoms with van der Waals surface area (Å²) >= 11 is 0. The van der Waals surface area contributed by atoms with Crippen molar-refractivity contribution in [1.29, 1.82) is 0 Å². The van der Waals surface area contributed by atoms with Crippen LogP contribution in [0.2, 0.25) is 0 Å². The molecule has 25 heavy (non-hydrogen) atoms. The van der Waals surface area contributed by atoms with Crippen LogP contribution >= 0.6 is 12.4 Å². The molecule has 0 saturated carbocycles. The van der Waals surface area contributed by atoms with Crippen molar-refractivity contribution in [3.63, 3.8) is 0 Å². The number of fused-ring (bicyclic) bond motifs is 1. The van der Waals surface area contributed by atoms with Crippen LogP contribution in [-0.2, 0) is 20.0 Å². The van der Waals surface area contributed by atoms with E-state index >= 15 is 0 Å². The molecule has 0 saturated heterocycles. The van der Waals surface area contributed by atoms with Gasteiger partial charge in [0.05, 0.1) is 11.4 Å². The molecule has 128 valence electrons. The van der Waals surface area contributed by atoms with Gasteiger partial charge in [0.2, 0.25) is 0 Å². The van der Waals surface area contributed by atoms with E-state index in [0.717, 1.165) is 18.7 Å². The van der Waals surface area contributed by atoms with Gasteiger partial charge in [-0.25, -0.2) is 0 Å². The second-order valence-electron chi connectivity index (χ2n) is 6.40. The quantitative estimate of drug-likeness (QED) is 0.690. The van der Waals surface area contributed by atoms with Crippen molar-refractivity contribution in [2.24, 2.45) is 7.05 Å². The predicted molar refractivity (Wildman–Crippen MR) is 105 cm³/mol. The van der Waals surface area contributed by atoms with Gasteiger partial charge in [0.25, 0.3) is 0 Å². The summed E-state index contributed by atoms with van der Waals surface area (Å²) in [6, 6.07) is 21.1. The van der Waals surface area contributed by atoms with E-state index in [4.69, 9.17) is 5.10 Å². The molecule has 1 aliphatic heterocycles. The average Bonchev–Trinajstić information content (AvgIpc) is 2.93. The van der Waals surface area contributed by atoms with E-state index in [9.17, 15) is 0 Å². The van der Waals surface area contributed by atoms with Crippen LogP contribution in [0.5, 0.6) is 0 Å². The van der Waals surface area contributed by atoms with Crippen LogP contribution in [-0.4, -0.2) is 21.7 Å². The highest BCUT2D eigenvalue weighted by molar-refractivity contribution is 5.85. The summed E-state index contributed by atoms with van der Waals surface area (Å²) in [6.45, 7) is 0.895. The molecular weight excluding hydrogens is 330 g/mol. The number of hydrogen-bond donors (Lipinski definition) is 0. The minimum absolute atomic E-state index is 0. The third-order valence-corrected chi connectivity index (χ3v) is 4.52. The number of rotatable bonds is 3. The Morgan fingerprint density at radius 2 is 1.56 bits per heavy atom. The fourth-order valence-electron chi connectivity index (χ4n) is 3.50. The Kier molecular flexibility index (Phi) is 4.95. The highest BCUT2D eigenvalue weighted by atomic mass is 35.5. The van der Waals surface area contributed by atoms with Gasteiger partial charge in [0, 0.05) is 50.0 Å². The summed E-state index contributed by atoms with van der Waals surface area (Å²) < 4.78 is 2.03. The lowest BCUT2D eigenvalue weighted by molar-refractivity contribution is 0.445. The van der Waals surface area contributed by atoms with Gasteiger partial charge in [0.1, 0.15) is 0 Å². The van der Waals surface area contributed by atoms with Crippen molar-refractivity contribution < 1.29 is 0 Å². The van der Waals surface area contributed by atoms with Gasteiger partial charge in [0.15, 0.2) is 0 Å². The Balaban J connectivity index is 0.00000182. The first-order chi connectivity index (χ1) is 11.7. The molecule has 2 aromatic carbocycles. The first-order valence-corrected chi connectivity index (χ1v) is 8.29. The largest absolute Gasteiger partial charge is 0.376 e. The molecule has 0 bridgehead atoms. The van der Waals surface area contributed by atoms with E-state index in [-0.39, 0.29) is 12.4 Å². The minimum atomic E-state index is 0. The Morgan fingerprint density at radius 3 is 2.24 bits per heavy atom. The first kappa shape index (κ1) is 17.3. The monoisotopic (exact) mass is 351 g/mol. The van der Waals surface area contributed by atoms with Gasteiger partial charge in [-0.1, -0.05) is 60.7 Å². The first-order valence-electron chi connectivity index (χ1n) is 8.29. The van der Waals surface area contributed by atoms with E-state index in [1.165, 1.54) is 28.0 Å². The third kappa shape index (κ3) is 3.33. The van der Waals surface area contributed by atoms with Gasteiger partial charge in [-0.3, -0.25) is 4.68 Å². The van der Waals surface area contributed by atoms with E-state index in [0.29, 0.717) is 0 Å². The van der Waals surface area contributed by atoms with Crippen LogP contribution in [0.3, 0.4) is 0 Å². The number of benzene rings is 2. The summed E-state index contributed by atoms with van der Waals surface area (Å²) in [7, 11) is 4.18. The molecule has 0 amide bonds. The molecule has 3 aromatic rings. The van der Waals surface area contributed by atoms with Crippen molar-refractivity contribution in [3.05, 3.63) is 83.7 Å². The fourth-order valence-corrected chi connectivity index (χ4v) is 3.50. The lowest BCUT2D eigenvalue weighted by atomic mass is 9.95. The van der Waals surface area contributed by atoms with Gasteiger partial charge >= 0.3 is 0 Å². The summed E-state index contributed by atoms with van der Waals surface area (Å²) in [5.41, 5.74) is 7.50.